The van der Waals surface area contributed by atoms with Crippen LogP contribution in [0.1, 0.15) is 39.0 Å². The van der Waals surface area contributed by atoms with Gasteiger partial charge in [0.2, 0.25) is 0 Å². The number of nitrogens with zero attached hydrogens (tertiary/aromatic N) is 1. The zero-order valence-corrected chi connectivity index (χ0v) is 13.4. The fourth-order valence-electron chi connectivity index (χ4n) is 3.10. The molecule has 2 N–H and O–H groups in total. The van der Waals surface area contributed by atoms with Crippen molar-refractivity contribution in [3.63, 3.8) is 0 Å². The van der Waals surface area contributed by atoms with E-state index in [2.05, 4.69) is 17.1 Å². The molecule has 0 aromatic rings. The van der Waals surface area contributed by atoms with Crippen molar-refractivity contribution in [2.24, 2.45) is 0 Å². The number of ether oxygens (including phenoxy) is 2. The highest BCUT2D eigenvalue weighted by molar-refractivity contribution is 4.72. The Bertz CT molecular complexity index is 266. The molecule has 0 spiro atoms. The maximum atomic E-state index is 9.94. The Labute approximate surface area is 129 Å². The van der Waals surface area contributed by atoms with Gasteiger partial charge in [-0.1, -0.05) is 6.42 Å². The minimum absolute atomic E-state index is 0.239. The molecule has 2 aliphatic heterocycles. The molecule has 2 aliphatic rings. The van der Waals surface area contributed by atoms with Crippen LogP contribution in [0.5, 0.6) is 0 Å². The largest absolute Gasteiger partial charge is 0.389 e. The third-order valence-electron chi connectivity index (χ3n) is 4.32. The average Bonchev–Trinajstić information content (AvgIpc) is 2.99. The highest BCUT2D eigenvalue weighted by Crippen LogP contribution is 2.12. The van der Waals surface area contributed by atoms with Crippen molar-refractivity contribution in [2.45, 2.75) is 57.3 Å². The summed E-state index contributed by atoms with van der Waals surface area (Å²) in [5.41, 5.74) is 0. The first-order chi connectivity index (χ1) is 10.2. The topological polar surface area (TPSA) is 54.0 Å². The molecule has 0 saturated carbocycles. The van der Waals surface area contributed by atoms with Gasteiger partial charge in [0.1, 0.15) is 0 Å². The summed E-state index contributed by atoms with van der Waals surface area (Å²) in [4.78, 5) is 2.52. The number of hydrogen-bond donors (Lipinski definition) is 2. The van der Waals surface area contributed by atoms with E-state index in [4.69, 9.17) is 9.47 Å². The van der Waals surface area contributed by atoms with Gasteiger partial charge in [0, 0.05) is 25.7 Å². The van der Waals surface area contributed by atoms with Gasteiger partial charge in [-0.25, -0.2) is 0 Å². The van der Waals surface area contributed by atoms with Gasteiger partial charge in [0.15, 0.2) is 0 Å². The highest BCUT2D eigenvalue weighted by atomic mass is 16.5. The molecular formula is C16H32N2O3. The predicted octanol–water partition coefficient (Wildman–Crippen LogP) is 1.01. The van der Waals surface area contributed by atoms with Crippen LogP contribution in [0.3, 0.4) is 0 Å². The van der Waals surface area contributed by atoms with E-state index >= 15 is 0 Å². The Kier molecular flexibility index (Phi) is 7.96. The molecule has 5 heteroatoms. The molecule has 2 saturated heterocycles. The van der Waals surface area contributed by atoms with Crippen molar-refractivity contribution in [2.75, 3.05) is 46.0 Å². The van der Waals surface area contributed by atoms with Gasteiger partial charge in [-0.2, -0.15) is 0 Å². The Morgan fingerprint density at radius 2 is 2.10 bits per heavy atom. The van der Waals surface area contributed by atoms with Gasteiger partial charge in [-0.15, -0.1) is 0 Å². The molecule has 21 heavy (non-hydrogen) atoms. The number of piperidine rings is 1. The Balaban J connectivity index is 1.48. The average molecular weight is 300 g/mol. The maximum absolute atomic E-state index is 9.94. The summed E-state index contributed by atoms with van der Waals surface area (Å²) in [6.45, 7) is 8.16. The Morgan fingerprint density at radius 3 is 2.81 bits per heavy atom. The first-order valence-corrected chi connectivity index (χ1v) is 8.57. The van der Waals surface area contributed by atoms with Crippen LogP contribution >= 0.6 is 0 Å². The zero-order valence-electron chi connectivity index (χ0n) is 13.4. The van der Waals surface area contributed by atoms with Crippen LogP contribution in [-0.4, -0.2) is 74.3 Å². The molecule has 2 fully saturated rings. The lowest BCUT2D eigenvalue weighted by Crippen LogP contribution is -2.44. The summed E-state index contributed by atoms with van der Waals surface area (Å²) in [5, 5.41) is 13.3. The van der Waals surface area contributed by atoms with Crippen molar-refractivity contribution >= 4 is 0 Å². The second-order valence-electron chi connectivity index (χ2n) is 6.50. The molecule has 0 radical (unpaired) electrons. The third kappa shape index (κ3) is 7.06. The van der Waals surface area contributed by atoms with Gasteiger partial charge < -0.3 is 24.8 Å². The predicted molar refractivity (Wildman–Crippen MR) is 83.6 cm³/mol. The van der Waals surface area contributed by atoms with Crippen LogP contribution in [0.25, 0.3) is 0 Å². The Hall–Kier alpha value is -0.200. The molecule has 124 valence electrons. The molecule has 0 amide bonds. The molecule has 3 unspecified atom stereocenters. The van der Waals surface area contributed by atoms with E-state index < -0.39 is 6.10 Å². The molecule has 3 atom stereocenters. The van der Waals surface area contributed by atoms with Crippen LogP contribution in [0.2, 0.25) is 0 Å². The van der Waals surface area contributed by atoms with E-state index in [0.29, 0.717) is 25.8 Å². The van der Waals surface area contributed by atoms with Crippen molar-refractivity contribution in [3.05, 3.63) is 0 Å². The number of hydrogen-bond acceptors (Lipinski definition) is 5. The molecule has 5 nitrogen and oxygen atoms in total. The smallest absolute Gasteiger partial charge is 0.0897 e. The normalized spacial score (nSPS) is 26.9. The van der Waals surface area contributed by atoms with Gasteiger partial charge in [0.05, 0.1) is 25.4 Å². The van der Waals surface area contributed by atoms with E-state index in [9.17, 15) is 5.11 Å². The molecule has 0 bridgehead atoms. The highest BCUT2D eigenvalue weighted by Gasteiger charge is 2.17. The molecule has 0 aromatic carbocycles. The lowest BCUT2D eigenvalue weighted by atomic mass is 10.1. The summed E-state index contributed by atoms with van der Waals surface area (Å²) in [5.74, 6) is 0. The molecule has 2 heterocycles. The van der Waals surface area contributed by atoms with Crippen LogP contribution in [0, 0.1) is 0 Å². The second-order valence-corrected chi connectivity index (χ2v) is 6.50. The lowest BCUT2D eigenvalue weighted by molar-refractivity contribution is -0.0170. The summed E-state index contributed by atoms with van der Waals surface area (Å²) in [6.07, 6.45) is 6.05. The number of rotatable bonds is 9. The van der Waals surface area contributed by atoms with Crippen molar-refractivity contribution in [1.29, 1.82) is 0 Å². The van der Waals surface area contributed by atoms with Gasteiger partial charge in [0.25, 0.3) is 0 Å². The van der Waals surface area contributed by atoms with Gasteiger partial charge in [-0.3, -0.25) is 0 Å². The number of likely N-dealkylation sites (tertiary alicyclic amines) is 1. The van der Waals surface area contributed by atoms with E-state index in [1.165, 1.54) is 32.4 Å². The molecule has 0 aliphatic carbocycles. The number of aliphatic hydroxyl groups is 1. The van der Waals surface area contributed by atoms with Crippen LogP contribution in [0.15, 0.2) is 0 Å². The SMILES string of the molecule is CC(CN1CCCCC1)NCC(O)COCC1CCCO1. The van der Waals surface area contributed by atoms with Gasteiger partial charge in [-0.05, 0) is 45.7 Å². The monoisotopic (exact) mass is 300 g/mol. The summed E-state index contributed by atoms with van der Waals surface area (Å²) in [6, 6.07) is 0.413. The van der Waals surface area contributed by atoms with E-state index in [-0.39, 0.29) is 6.10 Å². The summed E-state index contributed by atoms with van der Waals surface area (Å²) in [7, 11) is 0. The van der Waals surface area contributed by atoms with Gasteiger partial charge >= 0.3 is 0 Å². The van der Waals surface area contributed by atoms with Crippen LogP contribution in [0.4, 0.5) is 0 Å². The van der Waals surface area contributed by atoms with E-state index in [1.807, 2.05) is 0 Å². The van der Waals surface area contributed by atoms with Crippen molar-refractivity contribution in [3.8, 4) is 0 Å². The standard InChI is InChI=1S/C16H32N2O3/c1-14(11-18-7-3-2-4-8-18)17-10-15(19)12-20-13-16-6-5-9-21-16/h14-17,19H,2-13H2,1H3. The first-order valence-electron chi connectivity index (χ1n) is 8.57. The van der Waals surface area contributed by atoms with Crippen LogP contribution in [-0.2, 0) is 9.47 Å². The van der Waals surface area contributed by atoms with E-state index in [1.54, 1.807) is 0 Å². The fourth-order valence-corrected chi connectivity index (χ4v) is 3.10. The lowest BCUT2D eigenvalue weighted by Gasteiger charge is -2.29. The third-order valence-corrected chi connectivity index (χ3v) is 4.32. The Morgan fingerprint density at radius 1 is 1.29 bits per heavy atom. The summed E-state index contributed by atoms with van der Waals surface area (Å²) >= 11 is 0. The van der Waals surface area contributed by atoms with Crippen molar-refractivity contribution < 1.29 is 14.6 Å². The number of nitrogens with one attached hydrogen (secondary N) is 1. The minimum Gasteiger partial charge on any atom is -0.389 e. The van der Waals surface area contributed by atoms with Crippen LogP contribution < -0.4 is 5.32 Å². The quantitative estimate of drug-likeness (QED) is 0.665. The molecule has 2 rings (SSSR count). The number of aliphatic hydroxyl groups excluding tert-OH is 1. The second kappa shape index (κ2) is 9.74. The van der Waals surface area contributed by atoms with Crippen molar-refractivity contribution in [1.82, 2.24) is 10.2 Å². The fraction of sp³-hybridized carbons (Fsp3) is 1.00. The first kappa shape index (κ1) is 17.2. The minimum atomic E-state index is -0.435. The van der Waals surface area contributed by atoms with E-state index in [0.717, 1.165) is 26.0 Å². The maximum Gasteiger partial charge on any atom is 0.0897 e. The molecular weight excluding hydrogens is 268 g/mol. The zero-order chi connectivity index (χ0) is 14.9. The molecule has 0 aromatic heterocycles. The summed E-state index contributed by atoms with van der Waals surface area (Å²) < 4.78 is 11.0.